The van der Waals surface area contributed by atoms with E-state index in [9.17, 15) is 23.2 Å². The van der Waals surface area contributed by atoms with Gasteiger partial charge in [-0.25, -0.2) is 4.98 Å². The highest BCUT2D eigenvalue weighted by atomic mass is 32.2. The molecule has 0 fully saturated rings. The summed E-state index contributed by atoms with van der Waals surface area (Å²) < 4.78 is 44.4. The van der Waals surface area contributed by atoms with Crippen molar-refractivity contribution >= 4 is 29.3 Å². The van der Waals surface area contributed by atoms with E-state index in [0.717, 1.165) is 23.9 Å². The SMILES string of the molecule is CCC(C)(Oc1nc(N)nc(SC)c1C#N)C(=O)Nc1cccc(C(F)(F)F)c1. The maximum atomic E-state index is 12.9. The molecule has 1 aromatic carbocycles. The molecule has 29 heavy (non-hydrogen) atoms. The minimum absolute atomic E-state index is 0.0123. The van der Waals surface area contributed by atoms with Crippen molar-refractivity contribution < 1.29 is 22.7 Å². The number of thioether (sulfide) groups is 1. The highest BCUT2D eigenvalue weighted by molar-refractivity contribution is 7.98. The van der Waals surface area contributed by atoms with Crippen molar-refractivity contribution in [2.24, 2.45) is 0 Å². The van der Waals surface area contributed by atoms with Crippen molar-refractivity contribution in [1.29, 1.82) is 5.26 Å². The van der Waals surface area contributed by atoms with Crippen LogP contribution in [-0.4, -0.2) is 27.7 Å². The predicted octanol–water partition coefficient (Wildman–Crippen LogP) is 3.86. The first-order valence-corrected chi connectivity index (χ1v) is 9.56. The van der Waals surface area contributed by atoms with Crippen molar-refractivity contribution in [3.63, 3.8) is 0 Å². The second kappa shape index (κ2) is 8.57. The normalized spacial score (nSPS) is 13.3. The molecule has 1 aromatic heterocycles. The van der Waals surface area contributed by atoms with Crippen LogP contribution in [0, 0.1) is 11.3 Å². The number of aromatic nitrogens is 2. The molecule has 3 N–H and O–H groups in total. The largest absolute Gasteiger partial charge is 0.460 e. The summed E-state index contributed by atoms with van der Waals surface area (Å²) in [4.78, 5) is 20.6. The Morgan fingerprint density at radius 3 is 2.62 bits per heavy atom. The third-order valence-corrected chi connectivity index (χ3v) is 4.77. The zero-order valence-electron chi connectivity index (χ0n) is 15.8. The van der Waals surface area contributed by atoms with E-state index in [0.29, 0.717) is 0 Å². The summed E-state index contributed by atoms with van der Waals surface area (Å²) in [7, 11) is 0. The molecule has 1 heterocycles. The molecule has 0 bridgehead atoms. The van der Waals surface area contributed by atoms with Gasteiger partial charge in [-0.15, -0.1) is 11.8 Å². The van der Waals surface area contributed by atoms with Crippen LogP contribution in [0.1, 0.15) is 31.4 Å². The lowest BCUT2D eigenvalue weighted by molar-refractivity contribution is -0.137. The topological polar surface area (TPSA) is 114 Å². The van der Waals surface area contributed by atoms with Crippen LogP contribution in [0.4, 0.5) is 24.8 Å². The first-order chi connectivity index (χ1) is 13.5. The number of halogens is 3. The van der Waals surface area contributed by atoms with Gasteiger partial charge in [0.25, 0.3) is 5.91 Å². The van der Waals surface area contributed by atoms with Crippen LogP contribution in [0.2, 0.25) is 0 Å². The standard InChI is InChI=1S/C18H18F3N5O2S/c1-4-17(2,28-13-12(9-22)14(29-3)26-16(23)25-13)15(27)24-11-7-5-6-10(8-11)18(19,20)21/h5-8H,4H2,1-3H3,(H,24,27)(H2,23,25,26). The zero-order valence-corrected chi connectivity index (χ0v) is 16.6. The molecule has 1 atom stereocenters. The van der Waals surface area contributed by atoms with Crippen LogP contribution in [0.25, 0.3) is 0 Å². The third kappa shape index (κ3) is 5.08. The molecule has 0 saturated heterocycles. The average molecular weight is 425 g/mol. The Morgan fingerprint density at radius 1 is 1.38 bits per heavy atom. The van der Waals surface area contributed by atoms with E-state index in [4.69, 9.17) is 10.5 Å². The van der Waals surface area contributed by atoms with Gasteiger partial charge in [0, 0.05) is 5.69 Å². The molecule has 0 spiro atoms. The van der Waals surface area contributed by atoms with Crippen molar-refractivity contribution in [3.8, 4) is 11.9 Å². The van der Waals surface area contributed by atoms with Gasteiger partial charge in [-0.3, -0.25) is 4.79 Å². The molecule has 154 valence electrons. The van der Waals surface area contributed by atoms with Gasteiger partial charge in [-0.2, -0.15) is 23.4 Å². The van der Waals surface area contributed by atoms with Gasteiger partial charge in [0.15, 0.2) is 5.60 Å². The maximum Gasteiger partial charge on any atom is 0.416 e. The van der Waals surface area contributed by atoms with Crippen LogP contribution < -0.4 is 15.8 Å². The number of carbonyl (C=O) groups is 1. The second-order valence-electron chi connectivity index (χ2n) is 6.10. The Hall–Kier alpha value is -3.00. The van der Waals surface area contributed by atoms with Crippen molar-refractivity contribution in [3.05, 3.63) is 35.4 Å². The van der Waals surface area contributed by atoms with Crippen LogP contribution in [0.5, 0.6) is 5.88 Å². The number of benzene rings is 1. The monoisotopic (exact) mass is 425 g/mol. The molecule has 0 aliphatic rings. The number of anilines is 2. The zero-order chi connectivity index (χ0) is 21.8. The van der Waals surface area contributed by atoms with E-state index in [2.05, 4.69) is 15.3 Å². The summed E-state index contributed by atoms with van der Waals surface area (Å²) in [6, 6.07) is 6.16. The summed E-state index contributed by atoms with van der Waals surface area (Å²) in [5, 5.41) is 12.1. The van der Waals surface area contributed by atoms with E-state index in [1.165, 1.54) is 19.1 Å². The lowest BCUT2D eigenvalue weighted by Gasteiger charge is -2.28. The third-order valence-electron chi connectivity index (χ3n) is 4.09. The van der Waals surface area contributed by atoms with Gasteiger partial charge in [0.1, 0.15) is 16.7 Å². The fourth-order valence-corrected chi connectivity index (χ4v) is 2.80. The Labute approximate surface area is 169 Å². The van der Waals surface area contributed by atoms with E-state index < -0.39 is 23.2 Å². The van der Waals surface area contributed by atoms with Gasteiger partial charge >= 0.3 is 6.18 Å². The van der Waals surface area contributed by atoms with E-state index in [1.54, 1.807) is 13.2 Å². The predicted molar refractivity (Wildman–Crippen MR) is 102 cm³/mol. The highest BCUT2D eigenvalue weighted by Crippen LogP contribution is 2.32. The lowest BCUT2D eigenvalue weighted by atomic mass is 10.0. The maximum absolute atomic E-state index is 12.9. The number of nitrogens with two attached hydrogens (primary N) is 1. The number of hydrogen-bond acceptors (Lipinski definition) is 7. The Kier molecular flexibility index (Phi) is 6.58. The van der Waals surface area contributed by atoms with E-state index in [-0.39, 0.29) is 34.5 Å². The van der Waals surface area contributed by atoms with Crippen LogP contribution in [0.3, 0.4) is 0 Å². The second-order valence-corrected chi connectivity index (χ2v) is 6.90. The summed E-state index contributed by atoms with van der Waals surface area (Å²) in [6.45, 7) is 3.09. The minimum Gasteiger partial charge on any atom is -0.460 e. The fourth-order valence-electron chi connectivity index (χ4n) is 2.28. The Bertz CT molecular complexity index is 961. The van der Waals surface area contributed by atoms with Crippen LogP contribution in [-0.2, 0) is 11.0 Å². The molecule has 7 nitrogen and oxygen atoms in total. The van der Waals surface area contributed by atoms with E-state index in [1.807, 2.05) is 6.07 Å². The number of nitrogen functional groups attached to an aromatic ring is 1. The van der Waals surface area contributed by atoms with Gasteiger partial charge in [-0.05, 0) is 37.8 Å². The molecular formula is C18H18F3N5O2S. The molecule has 11 heteroatoms. The summed E-state index contributed by atoms with van der Waals surface area (Å²) >= 11 is 1.16. The van der Waals surface area contributed by atoms with Crippen molar-refractivity contribution in [2.45, 2.75) is 37.1 Å². The lowest BCUT2D eigenvalue weighted by Crippen LogP contribution is -2.45. The number of nitrogens with one attached hydrogen (secondary N) is 1. The molecule has 2 rings (SSSR count). The Balaban J connectivity index is 2.34. The highest BCUT2D eigenvalue weighted by Gasteiger charge is 2.36. The number of rotatable bonds is 6. The number of ether oxygens (including phenoxy) is 1. The molecule has 0 aliphatic carbocycles. The number of nitrogens with zero attached hydrogens (tertiary/aromatic N) is 3. The molecule has 0 radical (unpaired) electrons. The number of carbonyl (C=O) groups excluding carboxylic acids is 1. The first kappa shape index (κ1) is 22.3. The van der Waals surface area contributed by atoms with Gasteiger partial charge in [0.2, 0.25) is 11.8 Å². The average Bonchev–Trinajstić information content (AvgIpc) is 2.66. The fraction of sp³-hybridized carbons (Fsp3) is 0.333. The van der Waals surface area contributed by atoms with Crippen LogP contribution in [0.15, 0.2) is 29.3 Å². The quantitative estimate of drug-likeness (QED) is 0.534. The van der Waals surface area contributed by atoms with Gasteiger partial charge < -0.3 is 15.8 Å². The molecular weight excluding hydrogens is 407 g/mol. The first-order valence-electron chi connectivity index (χ1n) is 8.33. The number of alkyl halides is 3. The van der Waals surface area contributed by atoms with Crippen molar-refractivity contribution in [2.75, 3.05) is 17.3 Å². The number of hydrogen-bond donors (Lipinski definition) is 2. The molecule has 0 aliphatic heterocycles. The molecule has 1 unspecified atom stereocenters. The summed E-state index contributed by atoms with van der Waals surface area (Å²) in [5.74, 6) is -1.01. The molecule has 0 saturated carbocycles. The van der Waals surface area contributed by atoms with Crippen molar-refractivity contribution in [1.82, 2.24) is 9.97 Å². The minimum atomic E-state index is -4.54. The smallest absolute Gasteiger partial charge is 0.416 e. The summed E-state index contributed by atoms with van der Waals surface area (Å²) in [5.41, 5.74) is 3.19. The van der Waals surface area contributed by atoms with Gasteiger partial charge in [-0.1, -0.05) is 13.0 Å². The Morgan fingerprint density at radius 2 is 2.07 bits per heavy atom. The van der Waals surface area contributed by atoms with E-state index >= 15 is 0 Å². The molecule has 1 amide bonds. The van der Waals surface area contributed by atoms with Crippen LogP contribution >= 0.6 is 11.8 Å². The number of nitriles is 1. The summed E-state index contributed by atoms with van der Waals surface area (Å²) in [6.07, 6.45) is -2.72. The van der Waals surface area contributed by atoms with Gasteiger partial charge in [0.05, 0.1) is 5.56 Å². The molecule has 2 aromatic rings. The number of amides is 1.